The van der Waals surface area contributed by atoms with E-state index in [-0.39, 0.29) is 29.1 Å². The first kappa shape index (κ1) is 17.5. The minimum absolute atomic E-state index is 0.0100. The van der Waals surface area contributed by atoms with Crippen LogP contribution in [0, 0.1) is 6.92 Å². The molecular formula is C19H21N3O2S. The van der Waals surface area contributed by atoms with Crippen LogP contribution in [0.2, 0.25) is 0 Å². The fraction of sp³-hybridized carbons (Fsp3) is 0.263. The zero-order valence-corrected chi connectivity index (χ0v) is 14.8. The van der Waals surface area contributed by atoms with E-state index in [0.29, 0.717) is 6.42 Å². The second-order valence-electron chi connectivity index (χ2n) is 6.01. The third-order valence-electron chi connectivity index (χ3n) is 3.92. The molecule has 2 aromatic rings. The van der Waals surface area contributed by atoms with Gasteiger partial charge in [0.15, 0.2) is 0 Å². The molecule has 1 saturated heterocycles. The maximum Gasteiger partial charge on any atom is 0.234 e. The van der Waals surface area contributed by atoms with Crippen LogP contribution in [0.5, 0.6) is 0 Å². The number of aryl methyl sites for hydroxylation is 1. The molecule has 3 N–H and O–H groups in total. The second-order valence-corrected chi connectivity index (χ2v) is 7.10. The van der Waals surface area contributed by atoms with Crippen LogP contribution in [0.25, 0.3) is 0 Å². The van der Waals surface area contributed by atoms with Gasteiger partial charge in [-0.3, -0.25) is 14.9 Å². The van der Waals surface area contributed by atoms with Gasteiger partial charge >= 0.3 is 0 Å². The van der Waals surface area contributed by atoms with E-state index >= 15 is 0 Å². The third-order valence-corrected chi connectivity index (χ3v) is 4.94. The number of rotatable bonds is 5. The van der Waals surface area contributed by atoms with E-state index in [1.807, 2.05) is 61.5 Å². The summed E-state index contributed by atoms with van der Waals surface area (Å²) in [5.74, 6) is 0.158. The maximum absolute atomic E-state index is 12.1. The van der Waals surface area contributed by atoms with E-state index in [4.69, 9.17) is 0 Å². The van der Waals surface area contributed by atoms with Gasteiger partial charge in [0.05, 0.1) is 5.75 Å². The summed E-state index contributed by atoms with van der Waals surface area (Å²) < 4.78 is 0. The van der Waals surface area contributed by atoms with Crippen molar-refractivity contribution in [2.24, 2.45) is 0 Å². The number of thioether (sulfide) groups is 1. The van der Waals surface area contributed by atoms with Crippen molar-refractivity contribution in [1.29, 1.82) is 0 Å². The molecule has 0 spiro atoms. The summed E-state index contributed by atoms with van der Waals surface area (Å²) in [5.41, 5.74) is 2.67. The smallest absolute Gasteiger partial charge is 0.234 e. The fourth-order valence-corrected chi connectivity index (χ4v) is 3.61. The number of benzene rings is 2. The number of carbonyl (C=O) groups is 2. The molecule has 2 amide bonds. The Morgan fingerprint density at radius 1 is 1.20 bits per heavy atom. The third kappa shape index (κ3) is 5.08. The Labute approximate surface area is 151 Å². The zero-order chi connectivity index (χ0) is 17.6. The standard InChI is InChI=1S/C19H21N3O2S/c1-13-6-5-9-15(10-13)20-18(24)12-25-19-21-16(11-17(23)22-19)14-7-3-2-4-8-14/h2-10,16,19,21H,11-12H2,1H3,(H,20,24)(H,22,23). The van der Waals surface area contributed by atoms with Gasteiger partial charge in [-0.05, 0) is 30.2 Å². The SMILES string of the molecule is Cc1cccc(NC(=O)CSC2NC(=O)CC(c3ccccc3)N2)c1. The van der Waals surface area contributed by atoms with Crippen molar-refractivity contribution in [3.8, 4) is 0 Å². The average molecular weight is 355 g/mol. The number of amides is 2. The molecule has 2 aromatic carbocycles. The molecule has 5 nitrogen and oxygen atoms in total. The molecule has 0 aliphatic carbocycles. The van der Waals surface area contributed by atoms with Crippen LogP contribution in [0.3, 0.4) is 0 Å². The molecular weight excluding hydrogens is 334 g/mol. The van der Waals surface area contributed by atoms with Crippen molar-refractivity contribution in [1.82, 2.24) is 10.6 Å². The van der Waals surface area contributed by atoms with Gasteiger partial charge in [-0.2, -0.15) is 0 Å². The van der Waals surface area contributed by atoms with Gasteiger partial charge in [0.1, 0.15) is 5.50 Å². The summed E-state index contributed by atoms with van der Waals surface area (Å²) in [4.78, 5) is 24.1. The minimum Gasteiger partial charge on any atom is -0.332 e. The molecule has 1 heterocycles. The first-order chi connectivity index (χ1) is 12.1. The molecule has 0 aromatic heterocycles. The van der Waals surface area contributed by atoms with Crippen molar-refractivity contribution >= 4 is 29.3 Å². The van der Waals surface area contributed by atoms with Crippen molar-refractivity contribution in [3.63, 3.8) is 0 Å². The minimum atomic E-state index is -0.283. The van der Waals surface area contributed by atoms with Gasteiger partial charge in [-0.25, -0.2) is 0 Å². The maximum atomic E-state index is 12.1. The topological polar surface area (TPSA) is 70.2 Å². The molecule has 0 radical (unpaired) electrons. The van der Waals surface area contributed by atoms with Crippen LogP contribution in [0.1, 0.15) is 23.6 Å². The molecule has 2 atom stereocenters. The summed E-state index contributed by atoms with van der Waals surface area (Å²) in [6.07, 6.45) is 0.399. The Bertz CT molecular complexity index is 751. The van der Waals surface area contributed by atoms with Crippen LogP contribution in [0.4, 0.5) is 5.69 Å². The van der Waals surface area contributed by atoms with Gasteiger partial charge < -0.3 is 10.6 Å². The lowest BCUT2D eigenvalue weighted by Gasteiger charge is -2.31. The molecule has 1 aliphatic heterocycles. The summed E-state index contributed by atoms with van der Waals surface area (Å²) >= 11 is 1.38. The Morgan fingerprint density at radius 2 is 2.00 bits per heavy atom. The highest BCUT2D eigenvalue weighted by Crippen LogP contribution is 2.23. The summed E-state index contributed by atoms with van der Waals surface area (Å²) in [6, 6.07) is 17.5. The number of nitrogens with one attached hydrogen (secondary N) is 3. The van der Waals surface area contributed by atoms with Crippen LogP contribution in [-0.2, 0) is 9.59 Å². The van der Waals surface area contributed by atoms with Crippen molar-refractivity contribution in [2.45, 2.75) is 24.9 Å². The predicted octanol–water partition coefficient (Wildman–Crippen LogP) is 2.80. The molecule has 6 heteroatoms. The first-order valence-electron chi connectivity index (χ1n) is 8.18. The summed E-state index contributed by atoms with van der Waals surface area (Å²) in [7, 11) is 0. The molecule has 0 saturated carbocycles. The van der Waals surface area contributed by atoms with Crippen molar-refractivity contribution in [2.75, 3.05) is 11.1 Å². The lowest BCUT2D eigenvalue weighted by atomic mass is 10.0. The molecule has 1 fully saturated rings. The first-order valence-corrected chi connectivity index (χ1v) is 9.23. The van der Waals surface area contributed by atoms with E-state index in [0.717, 1.165) is 16.8 Å². The normalized spacial score (nSPS) is 20.0. The van der Waals surface area contributed by atoms with Gasteiger partial charge in [0, 0.05) is 18.2 Å². The van der Waals surface area contributed by atoms with Crippen LogP contribution >= 0.6 is 11.8 Å². The Kier molecular flexibility index (Phi) is 5.73. The van der Waals surface area contributed by atoms with E-state index in [2.05, 4.69) is 16.0 Å². The van der Waals surface area contributed by atoms with Gasteiger partial charge in [-0.15, -0.1) is 11.8 Å². The highest BCUT2D eigenvalue weighted by molar-refractivity contribution is 8.00. The highest BCUT2D eigenvalue weighted by Gasteiger charge is 2.27. The quantitative estimate of drug-likeness (QED) is 0.771. The van der Waals surface area contributed by atoms with E-state index in [1.165, 1.54) is 11.8 Å². The van der Waals surface area contributed by atoms with E-state index in [9.17, 15) is 9.59 Å². The Balaban J connectivity index is 1.53. The molecule has 25 heavy (non-hydrogen) atoms. The van der Waals surface area contributed by atoms with E-state index < -0.39 is 0 Å². The number of hydrogen-bond donors (Lipinski definition) is 3. The molecule has 1 aliphatic rings. The zero-order valence-electron chi connectivity index (χ0n) is 14.0. The van der Waals surface area contributed by atoms with Crippen molar-refractivity contribution < 1.29 is 9.59 Å². The molecule has 130 valence electrons. The number of anilines is 1. The largest absolute Gasteiger partial charge is 0.332 e. The fourth-order valence-electron chi connectivity index (χ4n) is 2.74. The molecule has 2 unspecified atom stereocenters. The van der Waals surface area contributed by atoms with Gasteiger partial charge in [0.25, 0.3) is 0 Å². The number of carbonyl (C=O) groups excluding carboxylic acids is 2. The molecule has 3 rings (SSSR count). The van der Waals surface area contributed by atoms with Crippen LogP contribution in [-0.4, -0.2) is 23.1 Å². The monoisotopic (exact) mass is 355 g/mol. The number of hydrogen-bond acceptors (Lipinski definition) is 4. The van der Waals surface area contributed by atoms with Gasteiger partial charge in [-0.1, -0.05) is 42.5 Å². The summed E-state index contributed by atoms with van der Waals surface area (Å²) in [5, 5.41) is 9.13. The van der Waals surface area contributed by atoms with Crippen LogP contribution < -0.4 is 16.0 Å². The highest BCUT2D eigenvalue weighted by atomic mass is 32.2. The lowest BCUT2D eigenvalue weighted by Crippen LogP contribution is -2.51. The summed E-state index contributed by atoms with van der Waals surface area (Å²) in [6.45, 7) is 1.98. The van der Waals surface area contributed by atoms with E-state index in [1.54, 1.807) is 0 Å². The van der Waals surface area contributed by atoms with Crippen molar-refractivity contribution in [3.05, 3.63) is 65.7 Å². The lowest BCUT2D eigenvalue weighted by molar-refractivity contribution is -0.123. The van der Waals surface area contributed by atoms with Gasteiger partial charge in [0.2, 0.25) is 11.8 Å². The average Bonchev–Trinajstić information content (AvgIpc) is 2.60. The second kappa shape index (κ2) is 8.18. The molecule has 0 bridgehead atoms. The predicted molar refractivity (Wildman–Crippen MR) is 101 cm³/mol. The van der Waals surface area contributed by atoms with Crippen LogP contribution in [0.15, 0.2) is 54.6 Å². The Hall–Kier alpha value is -2.31. The Morgan fingerprint density at radius 3 is 2.76 bits per heavy atom.